The van der Waals surface area contributed by atoms with Gasteiger partial charge in [0.15, 0.2) is 0 Å². The van der Waals surface area contributed by atoms with Gasteiger partial charge in [-0.05, 0) is 24.9 Å². The summed E-state index contributed by atoms with van der Waals surface area (Å²) in [5.41, 5.74) is 5.64. The smallest absolute Gasteiger partial charge is 0.0921 e. The summed E-state index contributed by atoms with van der Waals surface area (Å²) in [6.45, 7) is 0.904. The van der Waals surface area contributed by atoms with Crippen LogP contribution in [0.3, 0.4) is 0 Å². The molecule has 0 bridgehead atoms. The highest BCUT2D eigenvalue weighted by Gasteiger charge is 2.27. The number of methoxy groups -OCH3 is 1. The molecule has 5 heteroatoms. The van der Waals surface area contributed by atoms with Crippen molar-refractivity contribution in [3.05, 3.63) is 18.0 Å². The van der Waals surface area contributed by atoms with Gasteiger partial charge in [-0.2, -0.15) is 5.10 Å². The Bertz CT molecular complexity index is 314. The first-order valence-electron chi connectivity index (χ1n) is 5.48. The van der Waals surface area contributed by atoms with E-state index in [-0.39, 0.29) is 0 Å². The highest BCUT2D eigenvalue weighted by molar-refractivity contribution is 5.08. The van der Waals surface area contributed by atoms with E-state index in [9.17, 15) is 5.11 Å². The zero-order valence-electron chi connectivity index (χ0n) is 10.0. The van der Waals surface area contributed by atoms with Gasteiger partial charge >= 0.3 is 0 Å². The number of nitrogens with zero attached hydrogens (tertiary/aromatic N) is 2. The van der Waals surface area contributed by atoms with E-state index in [4.69, 9.17) is 10.5 Å². The molecule has 0 saturated carbocycles. The number of ether oxygens (including phenoxy) is 1. The van der Waals surface area contributed by atoms with E-state index in [1.165, 1.54) is 0 Å². The van der Waals surface area contributed by atoms with Crippen LogP contribution in [0.5, 0.6) is 0 Å². The largest absolute Gasteiger partial charge is 0.387 e. The third-order valence-electron chi connectivity index (χ3n) is 2.55. The summed E-state index contributed by atoms with van der Waals surface area (Å²) in [5, 5.41) is 14.5. The second kappa shape index (κ2) is 5.98. The average molecular weight is 227 g/mol. The molecule has 92 valence electrons. The molecular formula is C11H21N3O2. The number of aryl methyl sites for hydroxylation is 1. The Labute approximate surface area is 96.2 Å². The first-order valence-corrected chi connectivity index (χ1v) is 5.48. The Morgan fingerprint density at radius 1 is 1.62 bits per heavy atom. The molecule has 1 atom stereocenters. The fraction of sp³-hybridized carbons (Fsp3) is 0.727. The van der Waals surface area contributed by atoms with E-state index in [0.717, 1.165) is 12.0 Å². The lowest BCUT2D eigenvalue weighted by Crippen LogP contribution is -2.37. The van der Waals surface area contributed by atoms with Gasteiger partial charge in [-0.1, -0.05) is 0 Å². The maximum Gasteiger partial charge on any atom is 0.0921 e. The van der Waals surface area contributed by atoms with Crippen molar-refractivity contribution < 1.29 is 9.84 Å². The third kappa shape index (κ3) is 3.92. The van der Waals surface area contributed by atoms with Gasteiger partial charge in [0.1, 0.15) is 0 Å². The molecule has 0 amide bonds. The molecule has 16 heavy (non-hydrogen) atoms. The summed E-state index contributed by atoms with van der Waals surface area (Å²) in [6, 6.07) is 0. The molecule has 0 aliphatic heterocycles. The van der Waals surface area contributed by atoms with Crippen molar-refractivity contribution >= 4 is 0 Å². The SMILES string of the molecule is COCC(O)(CCCN)Cc1cnn(C)c1. The fourth-order valence-electron chi connectivity index (χ4n) is 1.85. The second-order valence-electron chi connectivity index (χ2n) is 4.25. The standard InChI is InChI=1S/C11H21N3O2/c1-14-8-10(7-13-14)6-11(15,9-16-2)4-3-5-12/h7-8,15H,3-6,9,12H2,1-2H3. The van der Waals surface area contributed by atoms with Crippen LogP contribution in [-0.4, -0.2) is 40.7 Å². The van der Waals surface area contributed by atoms with Gasteiger partial charge < -0.3 is 15.6 Å². The first kappa shape index (κ1) is 13.2. The Morgan fingerprint density at radius 3 is 2.88 bits per heavy atom. The summed E-state index contributed by atoms with van der Waals surface area (Å²) >= 11 is 0. The van der Waals surface area contributed by atoms with Crippen LogP contribution < -0.4 is 5.73 Å². The zero-order valence-corrected chi connectivity index (χ0v) is 10.0. The number of nitrogens with two attached hydrogens (primary N) is 1. The molecule has 0 spiro atoms. The van der Waals surface area contributed by atoms with Crippen LogP contribution in [0, 0.1) is 0 Å². The Balaban J connectivity index is 2.62. The Hall–Kier alpha value is -0.910. The highest BCUT2D eigenvalue weighted by Crippen LogP contribution is 2.19. The number of aromatic nitrogens is 2. The van der Waals surface area contributed by atoms with Crippen molar-refractivity contribution in [2.24, 2.45) is 12.8 Å². The third-order valence-corrected chi connectivity index (χ3v) is 2.55. The van der Waals surface area contributed by atoms with Gasteiger partial charge in [0.05, 0.1) is 18.4 Å². The average Bonchev–Trinajstić information content (AvgIpc) is 2.61. The minimum Gasteiger partial charge on any atom is -0.387 e. The van der Waals surface area contributed by atoms with E-state index in [1.54, 1.807) is 18.0 Å². The molecule has 0 aromatic carbocycles. The maximum absolute atomic E-state index is 10.4. The molecule has 3 N–H and O–H groups in total. The molecule has 1 rings (SSSR count). The van der Waals surface area contributed by atoms with E-state index in [2.05, 4.69) is 5.10 Å². The summed E-state index contributed by atoms with van der Waals surface area (Å²) in [6.07, 6.45) is 5.66. The quantitative estimate of drug-likeness (QED) is 0.692. The fourth-order valence-corrected chi connectivity index (χ4v) is 1.85. The predicted octanol–water partition coefficient (Wildman–Crippen LogP) is 0.0790. The molecule has 0 fully saturated rings. The van der Waals surface area contributed by atoms with Crippen LogP contribution in [0.4, 0.5) is 0 Å². The molecule has 1 aromatic heterocycles. The van der Waals surface area contributed by atoms with Crippen molar-refractivity contribution in [1.82, 2.24) is 9.78 Å². The zero-order chi connectivity index (χ0) is 12.0. The topological polar surface area (TPSA) is 73.3 Å². The highest BCUT2D eigenvalue weighted by atomic mass is 16.5. The first-order chi connectivity index (χ1) is 7.59. The lowest BCUT2D eigenvalue weighted by molar-refractivity contribution is -0.0375. The van der Waals surface area contributed by atoms with Crippen LogP contribution in [0.1, 0.15) is 18.4 Å². The molecule has 1 aromatic rings. The van der Waals surface area contributed by atoms with Crippen LogP contribution in [0.2, 0.25) is 0 Å². The molecule has 0 aliphatic rings. The minimum atomic E-state index is -0.836. The summed E-state index contributed by atoms with van der Waals surface area (Å²) in [4.78, 5) is 0. The molecule has 0 radical (unpaired) electrons. The van der Waals surface area contributed by atoms with Crippen molar-refractivity contribution in [2.75, 3.05) is 20.3 Å². The van der Waals surface area contributed by atoms with Crippen LogP contribution in [0.25, 0.3) is 0 Å². The van der Waals surface area contributed by atoms with Crippen molar-refractivity contribution in [2.45, 2.75) is 24.9 Å². The van der Waals surface area contributed by atoms with E-state index < -0.39 is 5.60 Å². The number of hydrogen-bond acceptors (Lipinski definition) is 4. The van der Waals surface area contributed by atoms with E-state index in [0.29, 0.717) is 26.0 Å². The van der Waals surface area contributed by atoms with Gasteiger partial charge in [-0.15, -0.1) is 0 Å². The van der Waals surface area contributed by atoms with E-state index >= 15 is 0 Å². The van der Waals surface area contributed by atoms with Crippen LogP contribution >= 0.6 is 0 Å². The molecule has 0 aliphatic carbocycles. The minimum absolute atomic E-state index is 0.321. The lowest BCUT2D eigenvalue weighted by atomic mass is 9.92. The normalized spacial score (nSPS) is 15.0. The number of aliphatic hydroxyl groups is 1. The molecule has 5 nitrogen and oxygen atoms in total. The van der Waals surface area contributed by atoms with Crippen molar-refractivity contribution in [3.8, 4) is 0 Å². The molecule has 1 unspecified atom stereocenters. The van der Waals surface area contributed by atoms with Gasteiger partial charge in [-0.25, -0.2) is 0 Å². The van der Waals surface area contributed by atoms with Gasteiger partial charge in [-0.3, -0.25) is 4.68 Å². The molecule has 0 saturated heterocycles. The van der Waals surface area contributed by atoms with Gasteiger partial charge in [0.2, 0.25) is 0 Å². The summed E-state index contributed by atoms with van der Waals surface area (Å²) in [5.74, 6) is 0. The van der Waals surface area contributed by atoms with E-state index in [1.807, 2.05) is 13.2 Å². The van der Waals surface area contributed by atoms with Crippen LogP contribution in [0.15, 0.2) is 12.4 Å². The lowest BCUT2D eigenvalue weighted by Gasteiger charge is -2.26. The Kier molecular flexibility index (Phi) is 4.92. The van der Waals surface area contributed by atoms with Gasteiger partial charge in [0.25, 0.3) is 0 Å². The molecule has 1 heterocycles. The summed E-state index contributed by atoms with van der Waals surface area (Å²) < 4.78 is 6.79. The van der Waals surface area contributed by atoms with Gasteiger partial charge in [0, 0.05) is 26.8 Å². The van der Waals surface area contributed by atoms with Crippen molar-refractivity contribution in [3.63, 3.8) is 0 Å². The number of rotatable bonds is 7. The Morgan fingerprint density at radius 2 is 2.38 bits per heavy atom. The molecular weight excluding hydrogens is 206 g/mol. The summed E-state index contributed by atoms with van der Waals surface area (Å²) in [7, 11) is 3.45. The van der Waals surface area contributed by atoms with Crippen molar-refractivity contribution in [1.29, 1.82) is 0 Å². The van der Waals surface area contributed by atoms with Crippen LogP contribution in [-0.2, 0) is 18.2 Å². The second-order valence-corrected chi connectivity index (χ2v) is 4.25. The predicted molar refractivity (Wildman–Crippen MR) is 62.0 cm³/mol. The number of hydrogen-bond donors (Lipinski definition) is 2. The maximum atomic E-state index is 10.4. The monoisotopic (exact) mass is 227 g/mol.